The van der Waals surface area contributed by atoms with Gasteiger partial charge in [-0.25, -0.2) is 4.79 Å². The van der Waals surface area contributed by atoms with E-state index >= 15 is 0 Å². The molecule has 0 spiro atoms. The van der Waals surface area contributed by atoms with Gasteiger partial charge in [0.1, 0.15) is 11.9 Å². The molecule has 0 N–H and O–H groups in total. The number of cyclic esters (lactones) is 1. The third kappa shape index (κ3) is 1.18. The third-order valence-electron chi connectivity index (χ3n) is 2.23. The van der Waals surface area contributed by atoms with Gasteiger partial charge in [0, 0.05) is 5.56 Å². The largest absolute Gasteiger partial charge is 0.497 e. The molecule has 14 heavy (non-hydrogen) atoms. The topological polar surface area (TPSA) is 35.5 Å². The Labute approximate surface area is 81.9 Å². The van der Waals surface area contributed by atoms with Gasteiger partial charge in [-0.2, -0.15) is 0 Å². The lowest BCUT2D eigenvalue weighted by molar-refractivity contribution is 0.0468. The van der Waals surface area contributed by atoms with Crippen LogP contribution in [0, 0.1) is 0 Å². The zero-order valence-electron chi connectivity index (χ0n) is 7.82. The number of carbonyl (C=O) groups excluding carboxylic acids is 1. The maximum absolute atomic E-state index is 11.4. The van der Waals surface area contributed by atoms with Crippen molar-refractivity contribution in [3.8, 4) is 5.75 Å². The highest BCUT2D eigenvalue weighted by Crippen LogP contribution is 2.33. The van der Waals surface area contributed by atoms with E-state index < -0.39 is 0 Å². The molecule has 0 aromatic heterocycles. The van der Waals surface area contributed by atoms with Crippen molar-refractivity contribution >= 4 is 5.97 Å². The predicted molar refractivity (Wildman–Crippen MR) is 51.3 cm³/mol. The third-order valence-corrected chi connectivity index (χ3v) is 2.23. The van der Waals surface area contributed by atoms with Gasteiger partial charge in [0.05, 0.1) is 12.7 Å². The molecule has 0 radical (unpaired) electrons. The van der Waals surface area contributed by atoms with Crippen LogP contribution < -0.4 is 4.74 Å². The van der Waals surface area contributed by atoms with Gasteiger partial charge in [-0.05, 0) is 18.2 Å². The van der Waals surface area contributed by atoms with Gasteiger partial charge >= 0.3 is 5.97 Å². The minimum absolute atomic E-state index is 0.316. The van der Waals surface area contributed by atoms with Gasteiger partial charge in [-0.3, -0.25) is 0 Å². The number of esters is 1. The maximum Gasteiger partial charge on any atom is 0.339 e. The Morgan fingerprint density at radius 1 is 1.57 bits per heavy atom. The number of benzene rings is 1. The van der Waals surface area contributed by atoms with Crippen LogP contribution in [0.2, 0.25) is 0 Å². The van der Waals surface area contributed by atoms with Crippen molar-refractivity contribution in [2.24, 2.45) is 0 Å². The summed E-state index contributed by atoms with van der Waals surface area (Å²) in [6.45, 7) is 3.61. The van der Waals surface area contributed by atoms with Crippen LogP contribution in [0.1, 0.15) is 22.0 Å². The number of rotatable bonds is 2. The Kier molecular flexibility index (Phi) is 2.00. The quantitative estimate of drug-likeness (QED) is 0.529. The molecule has 1 heterocycles. The van der Waals surface area contributed by atoms with E-state index in [1.54, 1.807) is 25.3 Å². The summed E-state index contributed by atoms with van der Waals surface area (Å²) in [5, 5.41) is 0. The summed E-state index contributed by atoms with van der Waals surface area (Å²) in [5.74, 6) is 0.342. The van der Waals surface area contributed by atoms with E-state index in [-0.39, 0.29) is 12.1 Å². The first-order valence-electron chi connectivity index (χ1n) is 4.27. The standard InChI is InChI=1S/C11H10O3/c1-3-10-8-5-4-7(13-2)6-9(8)11(12)14-10/h3-6,10H,1H2,2H3. The first-order valence-corrected chi connectivity index (χ1v) is 4.27. The molecular formula is C11H10O3. The first kappa shape index (κ1) is 8.81. The molecule has 3 nitrogen and oxygen atoms in total. The second-order valence-electron chi connectivity index (χ2n) is 3.01. The van der Waals surface area contributed by atoms with E-state index in [0.29, 0.717) is 11.3 Å². The molecule has 1 aromatic rings. The van der Waals surface area contributed by atoms with Crippen LogP contribution in [0.3, 0.4) is 0 Å². The highest BCUT2D eigenvalue weighted by molar-refractivity contribution is 5.94. The summed E-state index contributed by atoms with van der Waals surface area (Å²) in [7, 11) is 1.56. The lowest BCUT2D eigenvalue weighted by Crippen LogP contribution is -1.95. The zero-order chi connectivity index (χ0) is 10.1. The van der Waals surface area contributed by atoms with Gasteiger partial charge in [-0.15, -0.1) is 0 Å². The van der Waals surface area contributed by atoms with Crippen molar-refractivity contribution in [3.05, 3.63) is 42.0 Å². The zero-order valence-corrected chi connectivity index (χ0v) is 7.82. The van der Waals surface area contributed by atoms with Crippen molar-refractivity contribution in [3.63, 3.8) is 0 Å². The molecule has 0 amide bonds. The summed E-state index contributed by atoms with van der Waals surface area (Å²) in [6, 6.07) is 5.31. The number of methoxy groups -OCH3 is 1. The molecule has 0 saturated heterocycles. The Hall–Kier alpha value is -1.77. The summed E-state index contributed by atoms with van der Waals surface area (Å²) in [6.07, 6.45) is 1.29. The second-order valence-corrected chi connectivity index (χ2v) is 3.01. The molecule has 1 atom stereocenters. The molecule has 0 saturated carbocycles. The number of hydrogen-bond acceptors (Lipinski definition) is 3. The molecule has 0 fully saturated rings. The highest BCUT2D eigenvalue weighted by atomic mass is 16.5. The van der Waals surface area contributed by atoms with Crippen molar-refractivity contribution in [2.45, 2.75) is 6.10 Å². The van der Waals surface area contributed by atoms with E-state index in [0.717, 1.165) is 5.56 Å². The van der Waals surface area contributed by atoms with E-state index in [9.17, 15) is 4.79 Å². The lowest BCUT2D eigenvalue weighted by atomic mass is 10.1. The highest BCUT2D eigenvalue weighted by Gasteiger charge is 2.28. The molecular weight excluding hydrogens is 180 g/mol. The number of carbonyl (C=O) groups is 1. The fourth-order valence-electron chi connectivity index (χ4n) is 1.50. The molecule has 2 rings (SSSR count). The number of hydrogen-bond donors (Lipinski definition) is 0. The molecule has 1 unspecified atom stereocenters. The van der Waals surface area contributed by atoms with E-state index in [4.69, 9.17) is 9.47 Å². The van der Waals surface area contributed by atoms with Gasteiger partial charge < -0.3 is 9.47 Å². The molecule has 72 valence electrons. The van der Waals surface area contributed by atoms with E-state index in [1.165, 1.54) is 0 Å². The van der Waals surface area contributed by atoms with Crippen LogP contribution in [-0.2, 0) is 4.74 Å². The average molecular weight is 190 g/mol. The molecule has 0 bridgehead atoms. The Morgan fingerprint density at radius 3 is 3.00 bits per heavy atom. The minimum Gasteiger partial charge on any atom is -0.497 e. The van der Waals surface area contributed by atoms with E-state index in [1.807, 2.05) is 6.07 Å². The Morgan fingerprint density at radius 2 is 2.36 bits per heavy atom. The summed E-state index contributed by atoms with van der Waals surface area (Å²) in [4.78, 5) is 11.4. The monoisotopic (exact) mass is 190 g/mol. The molecule has 1 aromatic carbocycles. The molecule has 3 heteroatoms. The van der Waals surface area contributed by atoms with Gasteiger partial charge in [0.15, 0.2) is 0 Å². The second kappa shape index (κ2) is 3.18. The van der Waals surface area contributed by atoms with Crippen molar-refractivity contribution < 1.29 is 14.3 Å². The molecule has 1 aliphatic rings. The van der Waals surface area contributed by atoms with Crippen molar-refractivity contribution in [1.82, 2.24) is 0 Å². The fourth-order valence-corrected chi connectivity index (χ4v) is 1.50. The van der Waals surface area contributed by atoms with Gasteiger partial charge in [0.2, 0.25) is 0 Å². The van der Waals surface area contributed by atoms with Gasteiger partial charge in [-0.1, -0.05) is 12.6 Å². The van der Waals surface area contributed by atoms with Crippen molar-refractivity contribution in [1.29, 1.82) is 0 Å². The normalized spacial score (nSPS) is 18.6. The first-order chi connectivity index (χ1) is 6.76. The SMILES string of the molecule is C=CC1OC(=O)c2cc(OC)ccc21. The molecule has 0 aliphatic carbocycles. The predicted octanol–water partition coefficient (Wildman–Crippen LogP) is 2.09. The van der Waals surface area contributed by atoms with Gasteiger partial charge in [0.25, 0.3) is 0 Å². The molecule has 1 aliphatic heterocycles. The summed E-state index contributed by atoms with van der Waals surface area (Å²) in [5.41, 5.74) is 1.42. The average Bonchev–Trinajstić information content (AvgIpc) is 2.55. The summed E-state index contributed by atoms with van der Waals surface area (Å²) >= 11 is 0. The summed E-state index contributed by atoms with van der Waals surface area (Å²) < 4.78 is 10.1. The Bertz CT molecular complexity index is 396. The number of fused-ring (bicyclic) bond motifs is 1. The van der Waals surface area contributed by atoms with Crippen LogP contribution in [0.25, 0.3) is 0 Å². The minimum atomic E-state index is -0.316. The van der Waals surface area contributed by atoms with Crippen LogP contribution >= 0.6 is 0 Å². The van der Waals surface area contributed by atoms with Crippen LogP contribution in [0.5, 0.6) is 5.75 Å². The maximum atomic E-state index is 11.4. The van der Waals surface area contributed by atoms with Crippen LogP contribution in [0.4, 0.5) is 0 Å². The van der Waals surface area contributed by atoms with Crippen molar-refractivity contribution in [2.75, 3.05) is 7.11 Å². The van der Waals surface area contributed by atoms with E-state index in [2.05, 4.69) is 6.58 Å². The van der Waals surface area contributed by atoms with Crippen LogP contribution in [0.15, 0.2) is 30.9 Å². The Balaban J connectivity index is 2.51. The smallest absolute Gasteiger partial charge is 0.339 e. The van der Waals surface area contributed by atoms with Crippen LogP contribution in [-0.4, -0.2) is 13.1 Å². The number of ether oxygens (including phenoxy) is 2. The lowest BCUT2D eigenvalue weighted by Gasteiger charge is -2.03. The fraction of sp³-hybridized carbons (Fsp3) is 0.182.